The summed E-state index contributed by atoms with van der Waals surface area (Å²) in [6, 6.07) is 0. The monoisotopic (exact) mass is 319 g/mol. The van der Waals surface area contributed by atoms with Gasteiger partial charge in [-0.15, -0.1) is 0 Å². The first-order valence-corrected chi connectivity index (χ1v) is 9.22. The minimum Gasteiger partial charge on any atom is -0.355 e. The molecule has 1 rings (SSSR count). The van der Waals surface area contributed by atoms with Crippen LogP contribution in [-0.4, -0.2) is 50.6 Å². The summed E-state index contributed by atoms with van der Waals surface area (Å²) < 4.78 is 26.3. The highest BCUT2D eigenvalue weighted by molar-refractivity contribution is 7.89. The maximum atomic E-state index is 12.4. The van der Waals surface area contributed by atoms with E-state index in [1.54, 1.807) is 0 Å². The van der Waals surface area contributed by atoms with Crippen LogP contribution >= 0.6 is 0 Å². The van der Waals surface area contributed by atoms with Crippen LogP contribution in [0.4, 0.5) is 0 Å². The molecule has 1 heterocycles. The van der Waals surface area contributed by atoms with E-state index < -0.39 is 10.0 Å². The Morgan fingerprint density at radius 3 is 2.62 bits per heavy atom. The molecule has 21 heavy (non-hydrogen) atoms. The third-order valence-electron chi connectivity index (χ3n) is 3.70. The minimum atomic E-state index is -3.27. The van der Waals surface area contributed by atoms with E-state index in [4.69, 9.17) is 5.73 Å². The smallest absolute Gasteiger partial charge is 0.224 e. The molecule has 0 bridgehead atoms. The number of amides is 1. The first-order valence-electron chi connectivity index (χ1n) is 7.61. The molecule has 1 aliphatic heterocycles. The van der Waals surface area contributed by atoms with E-state index in [0.717, 1.165) is 12.8 Å². The van der Waals surface area contributed by atoms with Gasteiger partial charge in [0.25, 0.3) is 0 Å². The van der Waals surface area contributed by atoms with Crippen molar-refractivity contribution in [1.82, 2.24) is 9.62 Å². The lowest BCUT2D eigenvalue weighted by molar-refractivity contribution is -0.126. The summed E-state index contributed by atoms with van der Waals surface area (Å²) >= 11 is 0. The Hall–Kier alpha value is -0.660. The maximum absolute atomic E-state index is 12.4. The summed E-state index contributed by atoms with van der Waals surface area (Å²) in [7, 11) is -3.27. The molecule has 1 atom stereocenters. The third kappa shape index (κ3) is 6.32. The maximum Gasteiger partial charge on any atom is 0.224 e. The van der Waals surface area contributed by atoms with E-state index in [0.29, 0.717) is 32.6 Å². The van der Waals surface area contributed by atoms with Crippen molar-refractivity contribution in [3.05, 3.63) is 0 Å². The van der Waals surface area contributed by atoms with E-state index in [1.807, 2.05) is 20.8 Å². The van der Waals surface area contributed by atoms with Crippen LogP contribution in [0.5, 0.6) is 0 Å². The van der Waals surface area contributed by atoms with Gasteiger partial charge in [0.15, 0.2) is 0 Å². The summed E-state index contributed by atoms with van der Waals surface area (Å²) in [4.78, 5) is 12.0. The van der Waals surface area contributed by atoms with Crippen molar-refractivity contribution < 1.29 is 13.2 Å². The van der Waals surface area contributed by atoms with Gasteiger partial charge < -0.3 is 11.1 Å². The number of hydrogen-bond donors (Lipinski definition) is 2. The van der Waals surface area contributed by atoms with Crippen LogP contribution in [0.3, 0.4) is 0 Å². The van der Waals surface area contributed by atoms with Crippen molar-refractivity contribution in [1.29, 1.82) is 0 Å². The van der Waals surface area contributed by atoms with Gasteiger partial charge in [-0.2, -0.15) is 0 Å². The van der Waals surface area contributed by atoms with Crippen LogP contribution < -0.4 is 11.1 Å². The van der Waals surface area contributed by atoms with Gasteiger partial charge >= 0.3 is 0 Å². The summed E-state index contributed by atoms with van der Waals surface area (Å²) in [5.41, 5.74) is 5.35. The van der Waals surface area contributed by atoms with Gasteiger partial charge in [-0.3, -0.25) is 4.79 Å². The lowest BCUT2D eigenvalue weighted by Crippen LogP contribution is -2.46. The zero-order valence-corrected chi connectivity index (χ0v) is 14.2. The van der Waals surface area contributed by atoms with Crippen LogP contribution in [0, 0.1) is 11.3 Å². The molecular formula is C14H29N3O3S. The Labute approximate surface area is 128 Å². The molecule has 1 fully saturated rings. The third-order valence-corrected chi connectivity index (χ3v) is 5.54. The van der Waals surface area contributed by atoms with Crippen molar-refractivity contribution in [3.8, 4) is 0 Å². The number of rotatable bonds is 6. The fourth-order valence-electron chi connectivity index (χ4n) is 2.31. The quantitative estimate of drug-likeness (QED) is 0.747. The van der Waals surface area contributed by atoms with Gasteiger partial charge in [-0.05, 0) is 24.7 Å². The number of nitrogens with two attached hydrogens (primary N) is 1. The van der Waals surface area contributed by atoms with Crippen molar-refractivity contribution in [2.45, 2.75) is 40.0 Å². The summed E-state index contributed by atoms with van der Waals surface area (Å²) in [6.07, 6.45) is 2.09. The Bertz CT molecular complexity index is 443. The number of sulfonamides is 1. The van der Waals surface area contributed by atoms with E-state index in [9.17, 15) is 13.2 Å². The zero-order valence-electron chi connectivity index (χ0n) is 13.4. The number of carbonyl (C=O) groups is 1. The summed E-state index contributed by atoms with van der Waals surface area (Å²) in [5, 5.41) is 2.74. The molecule has 0 aromatic rings. The lowest BCUT2D eigenvalue weighted by atomic mass is 9.94. The number of nitrogens with one attached hydrogen (secondary N) is 1. The van der Waals surface area contributed by atoms with Gasteiger partial charge in [0.05, 0.1) is 11.7 Å². The van der Waals surface area contributed by atoms with Crippen LogP contribution in [0.25, 0.3) is 0 Å². The van der Waals surface area contributed by atoms with Gasteiger partial charge in [-0.1, -0.05) is 20.8 Å². The molecule has 6 nitrogen and oxygen atoms in total. The van der Waals surface area contributed by atoms with Gasteiger partial charge in [-0.25, -0.2) is 12.7 Å². The SMILES string of the molecule is CC(C)(C)CCS(=O)(=O)N1CCCC(C(=O)NCCN)C1. The summed E-state index contributed by atoms with van der Waals surface area (Å²) in [6.45, 7) is 7.74. The summed E-state index contributed by atoms with van der Waals surface area (Å²) in [5.74, 6) is -0.195. The zero-order chi connectivity index (χ0) is 16.1. The van der Waals surface area contributed by atoms with Gasteiger partial charge in [0.1, 0.15) is 0 Å². The number of piperidine rings is 1. The Balaban J connectivity index is 2.60. The van der Waals surface area contributed by atoms with Crippen LogP contribution in [0.2, 0.25) is 0 Å². The molecule has 0 aliphatic carbocycles. The van der Waals surface area contributed by atoms with Crippen LogP contribution in [-0.2, 0) is 14.8 Å². The fraction of sp³-hybridized carbons (Fsp3) is 0.929. The van der Waals surface area contributed by atoms with Crippen molar-refractivity contribution in [2.75, 3.05) is 31.9 Å². The first kappa shape index (κ1) is 18.4. The minimum absolute atomic E-state index is 0.0131. The Morgan fingerprint density at radius 2 is 2.05 bits per heavy atom. The molecule has 0 aromatic carbocycles. The van der Waals surface area contributed by atoms with E-state index >= 15 is 0 Å². The fourth-order valence-corrected chi connectivity index (χ4v) is 4.26. The molecule has 1 saturated heterocycles. The molecule has 0 spiro atoms. The first-order chi connectivity index (χ1) is 9.65. The van der Waals surface area contributed by atoms with Crippen molar-refractivity contribution in [2.24, 2.45) is 17.1 Å². The topological polar surface area (TPSA) is 92.5 Å². The predicted octanol–water partition coefficient (Wildman–Crippen LogP) is 0.539. The average Bonchev–Trinajstić information content (AvgIpc) is 2.42. The second kappa shape index (κ2) is 7.56. The Morgan fingerprint density at radius 1 is 1.38 bits per heavy atom. The average molecular weight is 319 g/mol. The van der Waals surface area contributed by atoms with Crippen LogP contribution in [0.15, 0.2) is 0 Å². The highest BCUT2D eigenvalue weighted by Gasteiger charge is 2.32. The highest BCUT2D eigenvalue weighted by atomic mass is 32.2. The second-order valence-electron chi connectivity index (χ2n) is 6.90. The molecule has 1 unspecified atom stereocenters. The molecule has 1 amide bonds. The van der Waals surface area contributed by atoms with Crippen molar-refractivity contribution >= 4 is 15.9 Å². The molecule has 0 radical (unpaired) electrons. The lowest BCUT2D eigenvalue weighted by Gasteiger charge is -2.32. The standard InChI is InChI=1S/C14H29N3O3S/c1-14(2,3)6-10-21(19,20)17-9-4-5-12(11-17)13(18)16-8-7-15/h12H,4-11,15H2,1-3H3,(H,16,18). The Kier molecular flexibility index (Phi) is 6.62. The number of hydrogen-bond acceptors (Lipinski definition) is 4. The molecular weight excluding hydrogens is 290 g/mol. The number of carbonyl (C=O) groups excluding carboxylic acids is 1. The molecule has 124 valence electrons. The van der Waals surface area contributed by atoms with E-state index in [-0.39, 0.29) is 23.0 Å². The van der Waals surface area contributed by atoms with Gasteiger partial charge in [0.2, 0.25) is 15.9 Å². The van der Waals surface area contributed by atoms with E-state index in [2.05, 4.69) is 5.32 Å². The van der Waals surface area contributed by atoms with E-state index in [1.165, 1.54) is 4.31 Å². The normalized spacial score (nSPS) is 21.2. The van der Waals surface area contributed by atoms with Crippen molar-refractivity contribution in [3.63, 3.8) is 0 Å². The van der Waals surface area contributed by atoms with Crippen LogP contribution in [0.1, 0.15) is 40.0 Å². The van der Waals surface area contributed by atoms with Gasteiger partial charge in [0, 0.05) is 26.2 Å². The molecule has 3 N–H and O–H groups in total. The largest absolute Gasteiger partial charge is 0.355 e. The molecule has 0 saturated carbocycles. The molecule has 0 aromatic heterocycles. The molecule has 7 heteroatoms. The predicted molar refractivity (Wildman–Crippen MR) is 84.2 cm³/mol. The number of nitrogens with zero attached hydrogens (tertiary/aromatic N) is 1. The highest BCUT2D eigenvalue weighted by Crippen LogP contribution is 2.24. The second-order valence-corrected chi connectivity index (χ2v) is 8.99. The molecule has 1 aliphatic rings.